The summed E-state index contributed by atoms with van der Waals surface area (Å²) in [5.74, 6) is -0.203. The van der Waals surface area contributed by atoms with E-state index in [0.29, 0.717) is 42.4 Å². The lowest BCUT2D eigenvalue weighted by Gasteiger charge is -2.36. The number of sulfonamides is 1. The van der Waals surface area contributed by atoms with Crippen molar-refractivity contribution in [2.75, 3.05) is 31.1 Å². The molecule has 0 bridgehead atoms. The average Bonchev–Trinajstić information content (AvgIpc) is 3.65. The van der Waals surface area contributed by atoms with E-state index >= 15 is 0 Å². The SMILES string of the molecule is O=C(NC1CCN(c2ccc3ccccc3c2)C1)C1=NOC2(CCN(S(=O)(=O)c3ccc(Cl)s3)CC2)C1. The quantitative estimate of drug-likeness (QED) is 0.505. The number of carbonyl (C=O) groups is 1. The third-order valence-corrected chi connectivity index (χ3v) is 11.1. The van der Waals surface area contributed by atoms with Crippen molar-refractivity contribution in [3.8, 4) is 0 Å². The highest BCUT2D eigenvalue weighted by Gasteiger charge is 2.46. The van der Waals surface area contributed by atoms with Gasteiger partial charge in [0.05, 0.1) is 4.34 Å². The van der Waals surface area contributed by atoms with Crippen molar-refractivity contribution in [1.29, 1.82) is 0 Å². The number of hydrogen-bond acceptors (Lipinski definition) is 7. The van der Waals surface area contributed by atoms with Crippen LogP contribution in [0.1, 0.15) is 25.7 Å². The highest BCUT2D eigenvalue weighted by Crippen LogP contribution is 2.37. The number of halogens is 1. The molecule has 2 aromatic carbocycles. The average molecular weight is 559 g/mol. The van der Waals surface area contributed by atoms with Gasteiger partial charge in [0.1, 0.15) is 15.5 Å². The van der Waals surface area contributed by atoms with Crippen LogP contribution in [0.2, 0.25) is 4.34 Å². The van der Waals surface area contributed by atoms with Crippen LogP contribution in [0.25, 0.3) is 10.8 Å². The summed E-state index contributed by atoms with van der Waals surface area (Å²) in [5, 5.41) is 9.66. The molecular weight excluding hydrogens is 532 g/mol. The van der Waals surface area contributed by atoms with Crippen LogP contribution in [0.5, 0.6) is 0 Å². The second-order valence-corrected chi connectivity index (χ2v) is 13.8. The molecular formula is C26H27ClN4O4S2. The van der Waals surface area contributed by atoms with Gasteiger partial charge in [-0.05, 0) is 41.5 Å². The number of carbonyl (C=O) groups excluding carboxylic acids is 1. The Bertz CT molecular complexity index is 1480. The molecule has 194 valence electrons. The molecule has 3 aromatic rings. The number of thiophene rings is 1. The Morgan fingerprint density at radius 1 is 1.08 bits per heavy atom. The van der Waals surface area contributed by atoms with Gasteiger partial charge in [-0.25, -0.2) is 8.42 Å². The van der Waals surface area contributed by atoms with Gasteiger partial charge in [-0.2, -0.15) is 4.31 Å². The molecule has 1 atom stereocenters. The van der Waals surface area contributed by atoms with E-state index in [0.717, 1.165) is 36.5 Å². The Balaban J connectivity index is 1.03. The van der Waals surface area contributed by atoms with Gasteiger partial charge < -0.3 is 15.1 Å². The molecule has 8 nitrogen and oxygen atoms in total. The number of oxime groups is 1. The Morgan fingerprint density at radius 2 is 1.86 bits per heavy atom. The zero-order valence-corrected chi connectivity index (χ0v) is 22.5. The van der Waals surface area contributed by atoms with Crippen molar-refractivity contribution in [2.45, 2.75) is 41.5 Å². The van der Waals surface area contributed by atoms with E-state index in [-0.39, 0.29) is 16.2 Å². The van der Waals surface area contributed by atoms with Crippen molar-refractivity contribution in [3.63, 3.8) is 0 Å². The molecule has 1 spiro atoms. The molecule has 2 fully saturated rings. The predicted molar refractivity (Wildman–Crippen MR) is 146 cm³/mol. The molecule has 0 aliphatic carbocycles. The lowest BCUT2D eigenvalue weighted by Crippen LogP contribution is -2.47. The van der Waals surface area contributed by atoms with Gasteiger partial charge in [0.2, 0.25) is 0 Å². The molecule has 6 rings (SSSR count). The molecule has 1 aromatic heterocycles. The first-order valence-corrected chi connectivity index (χ1v) is 15.0. The highest BCUT2D eigenvalue weighted by atomic mass is 35.5. The number of rotatable bonds is 5. The van der Waals surface area contributed by atoms with Crippen molar-refractivity contribution in [1.82, 2.24) is 9.62 Å². The Hall–Kier alpha value is -2.66. The largest absolute Gasteiger partial charge is 0.388 e. The van der Waals surface area contributed by atoms with Crippen LogP contribution >= 0.6 is 22.9 Å². The third-order valence-electron chi connectivity index (χ3n) is 7.50. The van der Waals surface area contributed by atoms with E-state index in [1.165, 1.54) is 21.1 Å². The van der Waals surface area contributed by atoms with Crippen LogP contribution in [0.15, 0.2) is 64.0 Å². The number of benzene rings is 2. The van der Waals surface area contributed by atoms with Crippen LogP contribution in [0.3, 0.4) is 0 Å². The zero-order chi connectivity index (χ0) is 25.6. The van der Waals surface area contributed by atoms with Crippen molar-refractivity contribution in [2.24, 2.45) is 5.16 Å². The van der Waals surface area contributed by atoms with Gasteiger partial charge in [0.15, 0.2) is 0 Å². The summed E-state index contributed by atoms with van der Waals surface area (Å²) in [7, 11) is -3.58. The monoisotopic (exact) mass is 558 g/mol. The second-order valence-electron chi connectivity index (χ2n) is 9.89. The second kappa shape index (κ2) is 9.58. The summed E-state index contributed by atoms with van der Waals surface area (Å²) in [6, 6.07) is 17.9. The fraction of sp³-hybridized carbons (Fsp3) is 0.385. The minimum absolute atomic E-state index is 0.0304. The van der Waals surface area contributed by atoms with E-state index in [4.69, 9.17) is 16.4 Å². The molecule has 1 N–H and O–H groups in total. The molecule has 4 heterocycles. The molecule has 2 saturated heterocycles. The Morgan fingerprint density at radius 3 is 2.62 bits per heavy atom. The van der Waals surface area contributed by atoms with Crippen molar-refractivity contribution < 1.29 is 18.0 Å². The summed E-state index contributed by atoms with van der Waals surface area (Å²) in [6.45, 7) is 2.23. The molecule has 1 amide bonds. The van der Waals surface area contributed by atoms with Gasteiger partial charge in [-0.15, -0.1) is 11.3 Å². The summed E-state index contributed by atoms with van der Waals surface area (Å²) < 4.78 is 28.0. The van der Waals surface area contributed by atoms with Gasteiger partial charge in [-0.3, -0.25) is 4.79 Å². The van der Waals surface area contributed by atoms with Gasteiger partial charge in [0, 0.05) is 57.2 Å². The van der Waals surface area contributed by atoms with Crippen LogP contribution < -0.4 is 10.2 Å². The van der Waals surface area contributed by atoms with E-state index in [1.54, 1.807) is 6.07 Å². The maximum Gasteiger partial charge on any atom is 0.269 e. The summed E-state index contributed by atoms with van der Waals surface area (Å²) in [5.41, 5.74) is 0.909. The molecule has 37 heavy (non-hydrogen) atoms. The van der Waals surface area contributed by atoms with Crippen molar-refractivity contribution >= 4 is 61.0 Å². The van der Waals surface area contributed by atoms with Crippen LogP contribution in [-0.4, -0.2) is 62.2 Å². The molecule has 0 saturated carbocycles. The standard InChI is InChI=1S/C26H27ClN4O4S2/c27-23-7-8-24(36-23)37(33,34)31-13-10-26(11-14-31)16-22(29-35-26)25(32)28-20-9-12-30(17-20)21-6-5-18-3-1-2-4-19(18)15-21/h1-8,15,20H,9-14,16-17H2,(H,28,32). The maximum atomic E-state index is 13.0. The minimum Gasteiger partial charge on any atom is -0.388 e. The maximum absolute atomic E-state index is 13.0. The molecule has 0 radical (unpaired) electrons. The molecule has 3 aliphatic heterocycles. The number of anilines is 1. The van der Waals surface area contributed by atoms with E-state index < -0.39 is 15.6 Å². The summed E-state index contributed by atoms with van der Waals surface area (Å²) in [6.07, 6.45) is 2.20. The topological polar surface area (TPSA) is 91.3 Å². The van der Waals surface area contributed by atoms with Gasteiger partial charge in [-0.1, -0.05) is 47.1 Å². The summed E-state index contributed by atoms with van der Waals surface area (Å²) >= 11 is 6.99. The van der Waals surface area contributed by atoms with E-state index in [1.807, 2.05) is 12.1 Å². The Kier molecular flexibility index (Phi) is 6.38. The lowest BCUT2D eigenvalue weighted by atomic mass is 9.87. The van der Waals surface area contributed by atoms with Crippen LogP contribution in [-0.2, 0) is 19.7 Å². The minimum atomic E-state index is -3.58. The van der Waals surface area contributed by atoms with Crippen LogP contribution in [0, 0.1) is 0 Å². The number of hydrogen-bond donors (Lipinski definition) is 1. The van der Waals surface area contributed by atoms with Crippen LogP contribution in [0.4, 0.5) is 5.69 Å². The van der Waals surface area contributed by atoms with E-state index in [9.17, 15) is 13.2 Å². The number of fused-ring (bicyclic) bond motifs is 1. The first-order chi connectivity index (χ1) is 17.8. The van der Waals surface area contributed by atoms with E-state index in [2.05, 4.69) is 45.7 Å². The smallest absolute Gasteiger partial charge is 0.269 e. The molecule has 11 heteroatoms. The number of nitrogens with zero attached hydrogens (tertiary/aromatic N) is 3. The normalized spacial score (nSPS) is 21.8. The lowest BCUT2D eigenvalue weighted by molar-refractivity contribution is -0.115. The molecule has 3 aliphatic rings. The third kappa shape index (κ3) is 4.83. The van der Waals surface area contributed by atoms with Crippen molar-refractivity contribution in [3.05, 3.63) is 58.9 Å². The number of nitrogens with one attached hydrogen (secondary N) is 1. The fourth-order valence-electron chi connectivity index (χ4n) is 5.36. The van der Waals surface area contributed by atoms with Gasteiger partial charge >= 0.3 is 0 Å². The summed E-state index contributed by atoms with van der Waals surface area (Å²) in [4.78, 5) is 21.1. The fourth-order valence-corrected chi connectivity index (χ4v) is 8.44. The number of amides is 1. The first-order valence-electron chi connectivity index (χ1n) is 12.4. The highest BCUT2D eigenvalue weighted by molar-refractivity contribution is 7.91. The first kappa shape index (κ1) is 24.7. The number of piperidine rings is 1. The predicted octanol–water partition coefficient (Wildman–Crippen LogP) is 4.25. The zero-order valence-electron chi connectivity index (χ0n) is 20.1. The van der Waals surface area contributed by atoms with Gasteiger partial charge in [0.25, 0.3) is 15.9 Å². The Labute approximate surface area is 224 Å². The molecule has 1 unspecified atom stereocenters.